The molecule has 0 bridgehead atoms. The number of anilines is 1. The molecule has 1 atom stereocenters. The van der Waals surface area contributed by atoms with E-state index in [1.165, 1.54) is 30.6 Å². The fourth-order valence-corrected chi connectivity index (χ4v) is 3.15. The summed E-state index contributed by atoms with van der Waals surface area (Å²) in [5.74, 6) is 1.46. The van der Waals surface area contributed by atoms with Crippen molar-refractivity contribution in [1.82, 2.24) is 5.32 Å². The molecule has 1 aliphatic heterocycles. The molecule has 0 radical (unpaired) electrons. The van der Waals surface area contributed by atoms with E-state index in [1.807, 2.05) is 0 Å². The standard InChI is InChI=1S/C16H24N2/c1-12(2)16(7-8-16)11-17-9-13-10-18-15-6-4-3-5-14(13)15/h3-6,12-13,17-18H,7-11H2,1-2H3. The molecule has 1 unspecified atom stereocenters. The van der Waals surface area contributed by atoms with Crippen molar-refractivity contribution in [2.24, 2.45) is 11.3 Å². The molecule has 1 fully saturated rings. The third kappa shape index (κ3) is 2.14. The number of hydrogen-bond donors (Lipinski definition) is 2. The molecule has 0 saturated heterocycles. The van der Waals surface area contributed by atoms with Crippen LogP contribution in [-0.2, 0) is 0 Å². The first-order valence-electron chi connectivity index (χ1n) is 7.25. The zero-order valence-corrected chi connectivity index (χ0v) is 11.5. The first-order chi connectivity index (χ1) is 8.71. The predicted molar refractivity (Wildman–Crippen MR) is 77.0 cm³/mol. The molecule has 98 valence electrons. The summed E-state index contributed by atoms with van der Waals surface area (Å²) in [5.41, 5.74) is 3.43. The van der Waals surface area contributed by atoms with Gasteiger partial charge in [0.25, 0.3) is 0 Å². The Morgan fingerprint density at radius 1 is 1.33 bits per heavy atom. The van der Waals surface area contributed by atoms with Crippen LogP contribution in [0.5, 0.6) is 0 Å². The van der Waals surface area contributed by atoms with Gasteiger partial charge < -0.3 is 10.6 Å². The zero-order chi connectivity index (χ0) is 12.6. The van der Waals surface area contributed by atoms with Gasteiger partial charge in [-0.3, -0.25) is 0 Å². The Morgan fingerprint density at radius 2 is 2.11 bits per heavy atom. The van der Waals surface area contributed by atoms with E-state index in [1.54, 1.807) is 0 Å². The molecule has 2 nitrogen and oxygen atoms in total. The van der Waals surface area contributed by atoms with Crippen LogP contribution in [0.4, 0.5) is 5.69 Å². The third-order valence-electron chi connectivity index (χ3n) is 4.92. The maximum absolute atomic E-state index is 3.71. The van der Waals surface area contributed by atoms with Crippen LogP contribution >= 0.6 is 0 Å². The third-order valence-corrected chi connectivity index (χ3v) is 4.92. The number of hydrogen-bond acceptors (Lipinski definition) is 2. The maximum Gasteiger partial charge on any atom is 0.0376 e. The van der Waals surface area contributed by atoms with Gasteiger partial charge in [0.15, 0.2) is 0 Å². The average molecular weight is 244 g/mol. The lowest BCUT2D eigenvalue weighted by Crippen LogP contribution is -2.31. The predicted octanol–water partition coefficient (Wildman–Crippen LogP) is 3.22. The van der Waals surface area contributed by atoms with Gasteiger partial charge in [0.1, 0.15) is 0 Å². The summed E-state index contributed by atoms with van der Waals surface area (Å²) in [6, 6.07) is 8.71. The van der Waals surface area contributed by atoms with Gasteiger partial charge in [-0.2, -0.15) is 0 Å². The molecule has 1 aromatic rings. The number of rotatable bonds is 5. The van der Waals surface area contributed by atoms with Gasteiger partial charge in [-0.05, 0) is 35.8 Å². The van der Waals surface area contributed by atoms with Gasteiger partial charge in [-0.25, -0.2) is 0 Å². The van der Waals surface area contributed by atoms with Crippen molar-refractivity contribution in [1.29, 1.82) is 0 Å². The van der Waals surface area contributed by atoms with E-state index in [0.717, 1.165) is 19.0 Å². The lowest BCUT2D eigenvalue weighted by molar-refractivity contribution is 0.336. The Hall–Kier alpha value is -1.02. The fourth-order valence-electron chi connectivity index (χ4n) is 3.15. The van der Waals surface area contributed by atoms with E-state index in [9.17, 15) is 0 Å². The van der Waals surface area contributed by atoms with Crippen LogP contribution in [0.15, 0.2) is 24.3 Å². The van der Waals surface area contributed by atoms with Crippen LogP contribution in [0.2, 0.25) is 0 Å². The van der Waals surface area contributed by atoms with Gasteiger partial charge >= 0.3 is 0 Å². The zero-order valence-electron chi connectivity index (χ0n) is 11.5. The molecule has 0 aromatic heterocycles. The first-order valence-corrected chi connectivity index (χ1v) is 7.25. The minimum atomic E-state index is 0.617. The molecule has 1 heterocycles. The van der Waals surface area contributed by atoms with E-state index in [2.05, 4.69) is 48.7 Å². The van der Waals surface area contributed by atoms with Gasteiger partial charge in [0, 0.05) is 31.2 Å². The minimum absolute atomic E-state index is 0.617. The van der Waals surface area contributed by atoms with Gasteiger partial charge in [0.2, 0.25) is 0 Å². The van der Waals surface area contributed by atoms with Crippen molar-refractivity contribution in [2.75, 3.05) is 25.0 Å². The summed E-state index contributed by atoms with van der Waals surface area (Å²) in [4.78, 5) is 0. The molecule has 2 aliphatic rings. The second kappa shape index (κ2) is 4.58. The Bertz CT molecular complexity index is 421. The maximum atomic E-state index is 3.71. The molecule has 1 aromatic carbocycles. The van der Waals surface area contributed by atoms with E-state index in [-0.39, 0.29) is 0 Å². The molecular formula is C16H24N2. The van der Waals surface area contributed by atoms with Gasteiger partial charge in [-0.15, -0.1) is 0 Å². The van der Waals surface area contributed by atoms with Crippen molar-refractivity contribution < 1.29 is 0 Å². The molecule has 2 heteroatoms. The van der Waals surface area contributed by atoms with Crippen molar-refractivity contribution in [3.8, 4) is 0 Å². The van der Waals surface area contributed by atoms with Crippen LogP contribution in [0.3, 0.4) is 0 Å². The van der Waals surface area contributed by atoms with Crippen LogP contribution in [0, 0.1) is 11.3 Å². The smallest absolute Gasteiger partial charge is 0.0376 e. The summed E-state index contributed by atoms with van der Waals surface area (Å²) < 4.78 is 0. The topological polar surface area (TPSA) is 24.1 Å². The Balaban J connectivity index is 1.53. The number of para-hydroxylation sites is 1. The molecule has 2 N–H and O–H groups in total. The van der Waals surface area contributed by atoms with E-state index >= 15 is 0 Å². The summed E-state index contributed by atoms with van der Waals surface area (Å²) in [7, 11) is 0. The van der Waals surface area contributed by atoms with Crippen LogP contribution in [0.1, 0.15) is 38.2 Å². The van der Waals surface area contributed by atoms with Crippen molar-refractivity contribution >= 4 is 5.69 Å². The highest BCUT2D eigenvalue weighted by Crippen LogP contribution is 2.51. The number of fused-ring (bicyclic) bond motifs is 1. The number of benzene rings is 1. The highest BCUT2D eigenvalue weighted by Gasteiger charge is 2.44. The molecule has 0 amide bonds. The minimum Gasteiger partial charge on any atom is -0.384 e. The van der Waals surface area contributed by atoms with Crippen LogP contribution in [0.25, 0.3) is 0 Å². The largest absolute Gasteiger partial charge is 0.384 e. The first kappa shape index (κ1) is 12.0. The quantitative estimate of drug-likeness (QED) is 0.831. The van der Waals surface area contributed by atoms with Crippen LogP contribution < -0.4 is 10.6 Å². The SMILES string of the molecule is CC(C)C1(CNCC2CNc3ccccc32)CC1. The highest BCUT2D eigenvalue weighted by molar-refractivity contribution is 5.57. The summed E-state index contributed by atoms with van der Waals surface area (Å²) in [5, 5.41) is 7.21. The summed E-state index contributed by atoms with van der Waals surface area (Å²) in [6.07, 6.45) is 2.83. The second-order valence-corrected chi connectivity index (χ2v) is 6.31. The Kier molecular flexibility index (Phi) is 3.06. The average Bonchev–Trinajstić information content (AvgIpc) is 3.06. The number of nitrogens with one attached hydrogen (secondary N) is 2. The normalized spacial score (nSPS) is 23.8. The highest BCUT2D eigenvalue weighted by atomic mass is 15.0. The molecule has 18 heavy (non-hydrogen) atoms. The lowest BCUT2D eigenvalue weighted by atomic mass is 9.92. The molecule has 1 aliphatic carbocycles. The molecule has 3 rings (SSSR count). The Labute approximate surface area is 110 Å². The molecular weight excluding hydrogens is 220 g/mol. The van der Waals surface area contributed by atoms with Gasteiger partial charge in [0.05, 0.1) is 0 Å². The van der Waals surface area contributed by atoms with E-state index < -0.39 is 0 Å². The molecule has 0 spiro atoms. The van der Waals surface area contributed by atoms with E-state index in [4.69, 9.17) is 0 Å². The van der Waals surface area contributed by atoms with E-state index in [0.29, 0.717) is 11.3 Å². The summed E-state index contributed by atoms with van der Waals surface area (Å²) >= 11 is 0. The molecule has 1 saturated carbocycles. The van der Waals surface area contributed by atoms with Crippen molar-refractivity contribution in [3.63, 3.8) is 0 Å². The van der Waals surface area contributed by atoms with Crippen molar-refractivity contribution in [3.05, 3.63) is 29.8 Å². The van der Waals surface area contributed by atoms with Gasteiger partial charge in [-0.1, -0.05) is 32.0 Å². The Morgan fingerprint density at radius 3 is 2.83 bits per heavy atom. The second-order valence-electron chi connectivity index (χ2n) is 6.31. The lowest BCUT2D eigenvalue weighted by Gasteiger charge is -2.21. The monoisotopic (exact) mass is 244 g/mol. The van der Waals surface area contributed by atoms with Crippen LogP contribution in [-0.4, -0.2) is 19.6 Å². The summed E-state index contributed by atoms with van der Waals surface area (Å²) in [6.45, 7) is 8.12. The van der Waals surface area contributed by atoms with Crippen molar-refractivity contribution in [2.45, 2.75) is 32.6 Å². The fraction of sp³-hybridized carbons (Fsp3) is 0.625.